The summed E-state index contributed by atoms with van der Waals surface area (Å²) in [6.45, 7) is 0.983. The molecule has 9 heteroatoms. The summed E-state index contributed by atoms with van der Waals surface area (Å²) in [5.41, 5.74) is -3.18. The molecule has 2 rings (SSSR count). The number of anilines is 1. The molecule has 1 atom stereocenters. The minimum absolute atomic E-state index is 0.163. The van der Waals surface area contributed by atoms with Crippen LogP contribution in [-0.4, -0.2) is 23.5 Å². The van der Waals surface area contributed by atoms with Crippen molar-refractivity contribution in [1.29, 1.82) is 0 Å². The van der Waals surface area contributed by atoms with Gasteiger partial charge >= 0.3 is 18.0 Å². The lowest BCUT2D eigenvalue weighted by Crippen LogP contribution is -2.43. The maximum absolute atomic E-state index is 12.9. The maximum atomic E-state index is 12.9. The zero-order valence-electron chi connectivity index (χ0n) is 13.1. The molecule has 0 saturated heterocycles. The first-order valence-electron chi connectivity index (χ1n) is 7.13. The van der Waals surface area contributed by atoms with E-state index in [-0.39, 0.29) is 12.3 Å². The molecule has 3 N–H and O–H groups in total. The number of alkyl halides is 3. The van der Waals surface area contributed by atoms with Gasteiger partial charge in [0.1, 0.15) is 11.4 Å². The van der Waals surface area contributed by atoms with Crippen molar-refractivity contribution in [2.45, 2.75) is 18.7 Å². The second kappa shape index (κ2) is 6.98. The quantitative estimate of drug-likeness (QED) is 0.733. The van der Waals surface area contributed by atoms with E-state index in [1.165, 1.54) is 37.5 Å². The van der Waals surface area contributed by atoms with Gasteiger partial charge in [-0.05, 0) is 31.2 Å². The number of carbonyl (C=O) groups excluding carboxylic acids is 2. The molecule has 1 aromatic carbocycles. The molecule has 2 aromatic rings. The summed E-state index contributed by atoms with van der Waals surface area (Å²) in [5, 5.41) is 14.2. The first-order chi connectivity index (χ1) is 11.6. The van der Waals surface area contributed by atoms with Crippen LogP contribution in [0.3, 0.4) is 0 Å². The van der Waals surface area contributed by atoms with E-state index in [1.807, 2.05) is 5.32 Å². The number of nitrogens with one attached hydrogen (secondary N) is 2. The van der Waals surface area contributed by atoms with Crippen molar-refractivity contribution in [2.75, 3.05) is 11.9 Å². The Bertz CT molecular complexity index is 755. The molecule has 0 fully saturated rings. The smallest absolute Gasteiger partial charge is 0.418 e. The monoisotopic (exact) mass is 356 g/mol. The maximum Gasteiger partial charge on any atom is 0.418 e. The van der Waals surface area contributed by atoms with Crippen LogP contribution in [0.4, 0.5) is 18.9 Å². The summed E-state index contributed by atoms with van der Waals surface area (Å²) in [6, 6.07) is 7.30. The van der Waals surface area contributed by atoms with Gasteiger partial charge in [0.05, 0.1) is 24.1 Å². The lowest BCUT2D eigenvalue weighted by molar-refractivity contribution is -0.138. The van der Waals surface area contributed by atoms with E-state index in [0.717, 1.165) is 12.1 Å². The van der Waals surface area contributed by atoms with Gasteiger partial charge in [-0.25, -0.2) is 0 Å². The molecule has 1 unspecified atom stereocenters. The second-order valence-electron chi connectivity index (χ2n) is 5.43. The number of aliphatic hydroxyl groups is 1. The summed E-state index contributed by atoms with van der Waals surface area (Å²) in [5.74, 6) is -2.31. The number of carbonyl (C=O) groups is 2. The van der Waals surface area contributed by atoms with Gasteiger partial charge in [-0.1, -0.05) is 12.1 Å². The van der Waals surface area contributed by atoms with Crippen molar-refractivity contribution in [2.24, 2.45) is 0 Å². The van der Waals surface area contributed by atoms with Crippen molar-refractivity contribution in [3.05, 3.63) is 54.0 Å². The van der Waals surface area contributed by atoms with Gasteiger partial charge in [-0.2, -0.15) is 13.2 Å². The summed E-state index contributed by atoms with van der Waals surface area (Å²) >= 11 is 0. The van der Waals surface area contributed by atoms with Gasteiger partial charge in [0, 0.05) is 0 Å². The molecule has 6 nitrogen and oxygen atoms in total. The molecule has 2 amide bonds. The Kier molecular flexibility index (Phi) is 5.17. The third kappa shape index (κ3) is 4.60. The molecule has 1 aromatic heterocycles. The SMILES string of the molecule is CC(O)(CNC(=O)C(=O)Nc1ccccc1C(F)(F)F)c1ccco1. The number of hydrogen-bond acceptors (Lipinski definition) is 4. The highest BCUT2D eigenvalue weighted by molar-refractivity contribution is 6.39. The number of rotatable bonds is 4. The Labute approximate surface area is 140 Å². The molecule has 0 aliphatic rings. The fourth-order valence-electron chi connectivity index (χ4n) is 2.02. The Morgan fingerprint density at radius 3 is 2.40 bits per heavy atom. The minimum Gasteiger partial charge on any atom is -0.466 e. The van der Waals surface area contributed by atoms with E-state index < -0.39 is 34.8 Å². The molecule has 134 valence electrons. The van der Waals surface area contributed by atoms with Gasteiger partial charge in [0.2, 0.25) is 0 Å². The van der Waals surface area contributed by atoms with Crippen molar-refractivity contribution >= 4 is 17.5 Å². The number of furan rings is 1. The third-order valence-corrected chi connectivity index (χ3v) is 3.33. The number of hydrogen-bond donors (Lipinski definition) is 3. The average molecular weight is 356 g/mol. The van der Waals surface area contributed by atoms with Crippen LogP contribution < -0.4 is 10.6 Å². The van der Waals surface area contributed by atoms with Gasteiger partial charge in [-0.15, -0.1) is 0 Å². The van der Waals surface area contributed by atoms with Crippen LogP contribution >= 0.6 is 0 Å². The van der Waals surface area contributed by atoms with E-state index in [9.17, 15) is 27.9 Å². The summed E-state index contributed by atoms with van der Waals surface area (Å²) < 4.78 is 43.6. The standard InChI is InChI=1S/C16H15F3N2O4/c1-15(24,12-7-4-8-25-12)9-20-13(22)14(23)21-11-6-3-2-5-10(11)16(17,18)19/h2-8,24H,9H2,1H3,(H,20,22)(H,21,23). The minimum atomic E-state index is -4.68. The normalized spacial score (nSPS) is 13.8. The predicted molar refractivity (Wildman–Crippen MR) is 81.4 cm³/mol. The number of amides is 2. The Balaban J connectivity index is 2.01. The zero-order valence-corrected chi connectivity index (χ0v) is 13.1. The molecule has 0 spiro atoms. The van der Waals surface area contributed by atoms with Crippen LogP contribution in [0, 0.1) is 0 Å². The van der Waals surface area contributed by atoms with Gasteiger partial charge in [-0.3, -0.25) is 9.59 Å². The lowest BCUT2D eigenvalue weighted by atomic mass is 10.0. The predicted octanol–water partition coefficient (Wildman–Crippen LogP) is 2.26. The Morgan fingerprint density at radius 2 is 1.80 bits per heavy atom. The Hall–Kier alpha value is -2.81. The van der Waals surface area contributed by atoms with Crippen LogP contribution in [0.2, 0.25) is 0 Å². The van der Waals surface area contributed by atoms with Crippen molar-refractivity contribution in [1.82, 2.24) is 5.32 Å². The first kappa shape index (κ1) is 18.5. The van der Waals surface area contributed by atoms with Crippen LogP contribution in [0.15, 0.2) is 47.1 Å². The Morgan fingerprint density at radius 1 is 1.12 bits per heavy atom. The van der Waals surface area contributed by atoms with Gasteiger partial charge in [0.15, 0.2) is 0 Å². The highest BCUT2D eigenvalue weighted by Gasteiger charge is 2.34. The van der Waals surface area contributed by atoms with E-state index in [1.54, 1.807) is 0 Å². The third-order valence-electron chi connectivity index (χ3n) is 3.33. The van der Waals surface area contributed by atoms with Crippen molar-refractivity contribution in [3.63, 3.8) is 0 Å². The van der Waals surface area contributed by atoms with E-state index in [4.69, 9.17) is 4.42 Å². The lowest BCUT2D eigenvalue weighted by Gasteiger charge is -2.21. The largest absolute Gasteiger partial charge is 0.466 e. The molecule has 1 heterocycles. The number of halogens is 3. The van der Waals surface area contributed by atoms with Crippen LogP contribution in [0.5, 0.6) is 0 Å². The molecule has 25 heavy (non-hydrogen) atoms. The molecule has 0 saturated carbocycles. The fraction of sp³-hybridized carbons (Fsp3) is 0.250. The molecular weight excluding hydrogens is 341 g/mol. The van der Waals surface area contributed by atoms with E-state index >= 15 is 0 Å². The zero-order chi connectivity index (χ0) is 18.7. The highest BCUT2D eigenvalue weighted by Crippen LogP contribution is 2.34. The molecule has 0 aliphatic heterocycles. The summed E-state index contributed by atoms with van der Waals surface area (Å²) in [7, 11) is 0. The topological polar surface area (TPSA) is 91.6 Å². The first-order valence-corrected chi connectivity index (χ1v) is 7.13. The molecule has 0 aliphatic carbocycles. The fourth-order valence-corrected chi connectivity index (χ4v) is 2.02. The van der Waals surface area contributed by atoms with Gasteiger partial charge < -0.3 is 20.2 Å². The van der Waals surface area contributed by atoms with Gasteiger partial charge in [0.25, 0.3) is 0 Å². The van der Waals surface area contributed by atoms with E-state index in [2.05, 4.69) is 5.32 Å². The molecular formula is C16H15F3N2O4. The average Bonchev–Trinajstić information content (AvgIpc) is 3.07. The second-order valence-corrected chi connectivity index (χ2v) is 5.43. The molecule has 0 bridgehead atoms. The van der Waals surface area contributed by atoms with E-state index in [0.29, 0.717) is 0 Å². The summed E-state index contributed by atoms with van der Waals surface area (Å²) in [6.07, 6.45) is -3.35. The van der Waals surface area contributed by atoms with Crippen LogP contribution in [0.1, 0.15) is 18.2 Å². The van der Waals surface area contributed by atoms with Crippen LogP contribution in [0.25, 0.3) is 0 Å². The number of benzene rings is 1. The highest BCUT2D eigenvalue weighted by atomic mass is 19.4. The van der Waals surface area contributed by atoms with Crippen molar-refractivity contribution in [3.8, 4) is 0 Å². The summed E-state index contributed by atoms with van der Waals surface area (Å²) in [4.78, 5) is 23.6. The number of para-hydroxylation sites is 1. The molecule has 0 radical (unpaired) electrons. The van der Waals surface area contributed by atoms with Crippen LogP contribution in [-0.2, 0) is 21.4 Å². The van der Waals surface area contributed by atoms with Crippen molar-refractivity contribution < 1.29 is 32.3 Å².